The van der Waals surface area contributed by atoms with Crippen LogP contribution in [0.15, 0.2) is 170 Å². The second-order valence-corrected chi connectivity index (χ2v) is 12.4. The van der Waals surface area contributed by atoms with E-state index < -0.39 is 0 Å². The molecule has 10 aromatic rings. The van der Waals surface area contributed by atoms with E-state index in [0.717, 1.165) is 77.5 Å². The molecule has 5 aromatic heterocycles. The Morgan fingerprint density at radius 2 is 1.04 bits per heavy atom. The van der Waals surface area contributed by atoms with Crippen molar-refractivity contribution in [1.82, 2.24) is 24.1 Å². The molecule has 0 unspecified atom stereocenters. The molecule has 5 heterocycles. The second kappa shape index (κ2) is 10.9. The highest BCUT2D eigenvalue weighted by Gasteiger charge is 2.15. The summed E-state index contributed by atoms with van der Waals surface area (Å²) in [6.45, 7) is 0. The van der Waals surface area contributed by atoms with E-state index in [1.165, 1.54) is 10.8 Å². The lowest BCUT2D eigenvalue weighted by atomic mass is 10.1. The first-order chi connectivity index (χ1) is 24.3. The lowest BCUT2D eigenvalue weighted by Crippen LogP contribution is -2.03. The topological polar surface area (TPSA) is 51.4 Å². The minimum atomic E-state index is 0.844. The quantitative estimate of drug-likeness (QED) is 0.212. The molecule has 0 amide bonds. The number of nitrogens with zero attached hydrogens (tertiary/aromatic N) is 4. The zero-order valence-corrected chi connectivity index (χ0v) is 26.5. The summed E-state index contributed by atoms with van der Waals surface area (Å²) in [6.07, 6.45) is 1.85. The summed E-state index contributed by atoms with van der Waals surface area (Å²) >= 11 is 0. The number of aromatic nitrogens is 5. The van der Waals surface area contributed by atoms with E-state index >= 15 is 0 Å². The molecular formula is C44H29N5. The molecule has 10 rings (SSSR count). The number of hydrogen-bond donors (Lipinski definition) is 1. The fraction of sp³-hybridized carbons (Fsp3) is 0. The normalized spacial score (nSPS) is 11.7. The van der Waals surface area contributed by atoms with Crippen molar-refractivity contribution < 1.29 is 0 Å². The summed E-state index contributed by atoms with van der Waals surface area (Å²) < 4.78 is 4.57. The molecule has 0 bridgehead atoms. The molecule has 49 heavy (non-hydrogen) atoms. The van der Waals surface area contributed by atoms with Crippen molar-refractivity contribution in [3.8, 4) is 22.9 Å². The van der Waals surface area contributed by atoms with Gasteiger partial charge in [-0.15, -0.1) is 0 Å². The Bertz CT molecular complexity index is 2950. The number of para-hydroxylation sites is 4. The number of fused-ring (bicyclic) bond motifs is 7. The van der Waals surface area contributed by atoms with Crippen LogP contribution in [0.1, 0.15) is 0 Å². The molecule has 0 aliphatic carbocycles. The van der Waals surface area contributed by atoms with Crippen molar-refractivity contribution in [2.75, 3.05) is 0 Å². The van der Waals surface area contributed by atoms with E-state index in [1.807, 2.05) is 18.3 Å². The van der Waals surface area contributed by atoms with E-state index in [-0.39, 0.29) is 0 Å². The fourth-order valence-corrected chi connectivity index (χ4v) is 7.31. The van der Waals surface area contributed by atoms with E-state index in [1.54, 1.807) is 0 Å². The molecule has 5 heteroatoms. The van der Waals surface area contributed by atoms with Crippen molar-refractivity contribution in [2.45, 2.75) is 0 Å². The Kier molecular flexibility index (Phi) is 6.11. The predicted molar refractivity (Wildman–Crippen MR) is 203 cm³/mol. The molecule has 0 atom stereocenters. The van der Waals surface area contributed by atoms with Crippen LogP contribution >= 0.6 is 0 Å². The highest BCUT2D eigenvalue weighted by molar-refractivity contribution is 6.11. The molecule has 0 aliphatic heterocycles. The third kappa shape index (κ3) is 4.40. The van der Waals surface area contributed by atoms with Gasteiger partial charge in [-0.3, -0.25) is 9.13 Å². The maximum Gasteiger partial charge on any atom is 0.138 e. The van der Waals surface area contributed by atoms with Gasteiger partial charge in [-0.05, 0) is 76.1 Å². The van der Waals surface area contributed by atoms with Crippen LogP contribution in [0, 0.1) is 0 Å². The second-order valence-electron chi connectivity index (χ2n) is 12.4. The highest BCUT2D eigenvalue weighted by Crippen LogP contribution is 2.34. The van der Waals surface area contributed by atoms with Crippen molar-refractivity contribution in [3.63, 3.8) is 0 Å². The summed E-state index contributed by atoms with van der Waals surface area (Å²) in [7, 11) is 0. The standard InChI is InChI=1S/C44H29N5/c1-5-18-38-29(11-1)22-24-31-27-32-25-23-30-12-2-6-19-39(30)49(41(32)28-40(31)48(38)42-20-7-8-26-45-42)43-21-10-17-37(46-43)35-15-9-14-34-33-13-3-4-16-36(33)47-44(34)35/h1-28,47H. The number of benzene rings is 5. The maximum absolute atomic E-state index is 5.41. The van der Waals surface area contributed by atoms with Crippen molar-refractivity contribution in [1.29, 1.82) is 0 Å². The third-order valence-corrected chi connectivity index (χ3v) is 9.56. The Morgan fingerprint density at radius 3 is 1.80 bits per heavy atom. The minimum Gasteiger partial charge on any atom is -0.354 e. The SMILES string of the molecule is c1ccc(-n2c3ccccc3ccc3cc4ccc5ccccc5n(-c5cccc(-c6cccc7c6[nH]c6ccccc67)n5)c4cc32)nc1. The minimum absolute atomic E-state index is 0.844. The average Bonchev–Trinajstić information content (AvgIpc) is 3.36. The van der Waals surface area contributed by atoms with E-state index in [0.29, 0.717) is 0 Å². The van der Waals surface area contributed by atoms with Crippen molar-refractivity contribution in [2.24, 2.45) is 0 Å². The number of rotatable bonds is 3. The molecule has 0 saturated heterocycles. The van der Waals surface area contributed by atoms with Gasteiger partial charge in [0.2, 0.25) is 0 Å². The predicted octanol–water partition coefficient (Wildman–Crippen LogP) is 11.1. The van der Waals surface area contributed by atoms with Gasteiger partial charge >= 0.3 is 0 Å². The van der Waals surface area contributed by atoms with Gasteiger partial charge in [0, 0.05) is 28.0 Å². The molecular weight excluding hydrogens is 599 g/mol. The van der Waals surface area contributed by atoms with Gasteiger partial charge in [0.15, 0.2) is 0 Å². The maximum atomic E-state index is 5.41. The summed E-state index contributed by atoms with van der Waals surface area (Å²) in [4.78, 5) is 13.9. The van der Waals surface area contributed by atoms with Crippen LogP contribution in [0.5, 0.6) is 0 Å². The van der Waals surface area contributed by atoms with E-state index in [4.69, 9.17) is 9.97 Å². The van der Waals surface area contributed by atoms with Crippen molar-refractivity contribution >= 4 is 65.4 Å². The number of pyridine rings is 2. The van der Waals surface area contributed by atoms with Crippen LogP contribution in [0.25, 0.3) is 88.3 Å². The van der Waals surface area contributed by atoms with Gasteiger partial charge in [-0.2, -0.15) is 0 Å². The van der Waals surface area contributed by atoms with Crippen LogP contribution in [0.2, 0.25) is 0 Å². The smallest absolute Gasteiger partial charge is 0.138 e. The van der Waals surface area contributed by atoms with Crippen LogP contribution in [0.3, 0.4) is 0 Å². The van der Waals surface area contributed by atoms with E-state index in [9.17, 15) is 0 Å². The highest BCUT2D eigenvalue weighted by atomic mass is 15.1. The van der Waals surface area contributed by atoms with Crippen LogP contribution < -0.4 is 0 Å². The fourth-order valence-electron chi connectivity index (χ4n) is 7.31. The molecule has 5 nitrogen and oxygen atoms in total. The third-order valence-electron chi connectivity index (χ3n) is 9.56. The van der Waals surface area contributed by atoms with Gasteiger partial charge in [0.05, 0.1) is 33.3 Å². The molecule has 0 spiro atoms. The van der Waals surface area contributed by atoms with Gasteiger partial charge in [0.1, 0.15) is 11.6 Å². The summed E-state index contributed by atoms with van der Waals surface area (Å²) in [5.74, 6) is 1.71. The summed E-state index contributed by atoms with van der Waals surface area (Å²) in [5, 5.41) is 6.89. The van der Waals surface area contributed by atoms with Crippen LogP contribution in [-0.4, -0.2) is 24.1 Å². The Labute approximate surface area is 281 Å². The molecule has 5 aromatic carbocycles. The molecule has 0 aliphatic rings. The van der Waals surface area contributed by atoms with Gasteiger partial charge < -0.3 is 4.98 Å². The van der Waals surface area contributed by atoms with Gasteiger partial charge in [-0.1, -0.05) is 109 Å². The first-order valence-electron chi connectivity index (χ1n) is 16.5. The summed E-state index contributed by atoms with van der Waals surface area (Å²) in [5.41, 5.74) is 8.44. The molecule has 0 saturated carbocycles. The molecule has 1 N–H and O–H groups in total. The van der Waals surface area contributed by atoms with E-state index in [2.05, 4.69) is 166 Å². The molecule has 0 radical (unpaired) electrons. The van der Waals surface area contributed by atoms with Crippen LogP contribution in [0.4, 0.5) is 0 Å². The zero-order chi connectivity index (χ0) is 32.3. The number of nitrogens with one attached hydrogen (secondary N) is 1. The number of aromatic amines is 1. The first-order valence-corrected chi connectivity index (χ1v) is 16.5. The number of hydrogen-bond acceptors (Lipinski definition) is 2. The lowest BCUT2D eigenvalue weighted by Gasteiger charge is -2.15. The summed E-state index contributed by atoms with van der Waals surface area (Å²) in [6, 6.07) is 57.8. The van der Waals surface area contributed by atoms with Gasteiger partial charge in [-0.25, -0.2) is 9.97 Å². The first kappa shape index (κ1) is 27.4. The van der Waals surface area contributed by atoms with Gasteiger partial charge in [0.25, 0.3) is 0 Å². The molecule has 0 fully saturated rings. The monoisotopic (exact) mass is 627 g/mol. The van der Waals surface area contributed by atoms with Crippen LogP contribution in [-0.2, 0) is 0 Å². The Morgan fingerprint density at radius 1 is 0.429 bits per heavy atom. The Balaban J connectivity index is 1.32. The largest absolute Gasteiger partial charge is 0.354 e. The van der Waals surface area contributed by atoms with Crippen molar-refractivity contribution in [3.05, 3.63) is 170 Å². The molecule has 230 valence electrons. The average molecular weight is 628 g/mol. The number of H-pyrrole nitrogens is 1. The zero-order valence-electron chi connectivity index (χ0n) is 26.5. The lowest BCUT2D eigenvalue weighted by molar-refractivity contribution is 1.07. The Hall–Kier alpha value is -6.72.